The van der Waals surface area contributed by atoms with Crippen molar-refractivity contribution in [2.75, 3.05) is 13.1 Å². The van der Waals surface area contributed by atoms with Crippen LogP contribution in [0.15, 0.2) is 15.8 Å². The number of H-pyrrole nitrogens is 2. The monoisotopic (exact) mass is 277 g/mol. The molecule has 0 amide bonds. The Bertz CT molecular complexity index is 494. The molecule has 1 aromatic heterocycles. The lowest BCUT2D eigenvalue weighted by Crippen LogP contribution is -2.23. The fourth-order valence-electron chi connectivity index (χ4n) is 1.30. The Balaban J connectivity index is 0.000000171. The van der Waals surface area contributed by atoms with Crippen LogP contribution < -0.4 is 11.2 Å². The van der Waals surface area contributed by atoms with Crippen molar-refractivity contribution in [3.05, 3.63) is 32.9 Å². The Morgan fingerprint density at radius 1 is 1.41 bits per heavy atom. The van der Waals surface area contributed by atoms with E-state index in [4.69, 9.17) is 12.2 Å². The normalized spacial score (nSPS) is 14.1. The minimum atomic E-state index is -1.00. The standard InChI is InChI=1S/C5H9NS2.C4H3FN2O2/c7-5(8)6-3-1-2-4-6;5-2-1-6-4(9)7-3(2)8/h1-4H2,(H,7,8);1H,(H2,6,7,8,9). The summed E-state index contributed by atoms with van der Waals surface area (Å²) in [5.74, 6) is -0.991. The molecule has 0 aliphatic carbocycles. The molecule has 0 spiro atoms. The molecule has 1 aliphatic rings. The molecule has 0 radical (unpaired) electrons. The molecule has 1 aromatic rings. The third-order valence-corrected chi connectivity index (χ3v) is 2.69. The number of halogens is 1. The molecule has 2 rings (SSSR count). The Labute approximate surface area is 107 Å². The maximum Gasteiger partial charge on any atom is 0.325 e. The van der Waals surface area contributed by atoms with Crippen LogP contribution in [0.5, 0.6) is 0 Å². The number of hydrogen-bond acceptors (Lipinski definition) is 3. The van der Waals surface area contributed by atoms with Crippen molar-refractivity contribution in [3.8, 4) is 0 Å². The molecule has 0 unspecified atom stereocenters. The van der Waals surface area contributed by atoms with Crippen LogP contribution in [-0.4, -0.2) is 32.3 Å². The van der Waals surface area contributed by atoms with Crippen LogP contribution in [0.2, 0.25) is 0 Å². The number of likely N-dealkylation sites (tertiary alicyclic amines) is 1. The molecule has 0 atom stereocenters. The lowest BCUT2D eigenvalue weighted by atomic mass is 10.4. The lowest BCUT2D eigenvalue weighted by Gasteiger charge is -2.12. The van der Waals surface area contributed by atoms with E-state index in [9.17, 15) is 14.0 Å². The van der Waals surface area contributed by atoms with Crippen LogP contribution in [0.25, 0.3) is 0 Å². The summed E-state index contributed by atoms with van der Waals surface area (Å²) in [5.41, 5.74) is -1.71. The summed E-state index contributed by atoms with van der Waals surface area (Å²) in [5, 5.41) is 0. The first-order chi connectivity index (χ1) is 8.00. The van der Waals surface area contributed by atoms with Gasteiger partial charge in [0.15, 0.2) is 0 Å². The summed E-state index contributed by atoms with van der Waals surface area (Å²) >= 11 is 8.90. The fraction of sp³-hybridized carbons (Fsp3) is 0.444. The number of thiocarbonyl (C=S) groups is 1. The van der Waals surface area contributed by atoms with Crippen molar-refractivity contribution >= 4 is 29.2 Å². The Kier molecular flexibility index (Phi) is 5.36. The molecule has 17 heavy (non-hydrogen) atoms. The maximum absolute atomic E-state index is 12.0. The average molecular weight is 277 g/mol. The summed E-state index contributed by atoms with van der Waals surface area (Å²) < 4.78 is 12.7. The summed E-state index contributed by atoms with van der Waals surface area (Å²) in [4.78, 5) is 26.1. The van der Waals surface area contributed by atoms with Crippen LogP contribution in [0.3, 0.4) is 0 Å². The van der Waals surface area contributed by atoms with E-state index in [0.29, 0.717) is 6.20 Å². The SMILES string of the molecule is O=c1[nH]cc(F)c(=O)[nH]1.S=C(S)N1CCCC1. The van der Waals surface area contributed by atoms with E-state index >= 15 is 0 Å². The van der Waals surface area contributed by atoms with E-state index in [1.807, 2.05) is 4.98 Å². The van der Waals surface area contributed by atoms with E-state index in [-0.39, 0.29) is 0 Å². The zero-order valence-electron chi connectivity index (χ0n) is 8.90. The minimum absolute atomic E-state index is 0.707. The first-order valence-corrected chi connectivity index (χ1v) is 5.81. The van der Waals surface area contributed by atoms with Gasteiger partial charge in [-0.25, -0.2) is 4.79 Å². The molecule has 5 nitrogen and oxygen atoms in total. The van der Waals surface area contributed by atoms with Gasteiger partial charge in [0.2, 0.25) is 5.82 Å². The molecule has 0 saturated carbocycles. The molecule has 1 fully saturated rings. The van der Waals surface area contributed by atoms with Crippen molar-refractivity contribution < 1.29 is 4.39 Å². The lowest BCUT2D eigenvalue weighted by molar-refractivity contribution is 0.539. The highest BCUT2D eigenvalue weighted by Crippen LogP contribution is 2.09. The molecule has 1 saturated heterocycles. The molecule has 94 valence electrons. The number of aromatic amines is 2. The van der Waals surface area contributed by atoms with Gasteiger partial charge in [-0.3, -0.25) is 9.78 Å². The summed E-state index contributed by atoms with van der Waals surface area (Å²) in [6.07, 6.45) is 3.27. The summed E-state index contributed by atoms with van der Waals surface area (Å²) in [7, 11) is 0. The molecular weight excluding hydrogens is 265 g/mol. The van der Waals surface area contributed by atoms with Crippen molar-refractivity contribution in [1.82, 2.24) is 14.9 Å². The van der Waals surface area contributed by atoms with Crippen molar-refractivity contribution in [3.63, 3.8) is 0 Å². The third kappa shape index (κ3) is 4.70. The highest BCUT2D eigenvalue weighted by molar-refractivity contribution is 8.10. The van der Waals surface area contributed by atoms with Gasteiger partial charge in [0.25, 0.3) is 5.56 Å². The number of hydrogen-bond donors (Lipinski definition) is 3. The molecular formula is C9H12FN3O2S2. The molecule has 0 aromatic carbocycles. The van der Waals surface area contributed by atoms with Crippen molar-refractivity contribution in [2.45, 2.75) is 12.8 Å². The second-order valence-corrected chi connectivity index (χ2v) is 4.51. The molecule has 0 bridgehead atoms. The summed E-state index contributed by atoms with van der Waals surface area (Å²) in [6, 6.07) is 0. The predicted octanol–water partition coefficient (Wildman–Crippen LogP) is 0.499. The molecule has 2 N–H and O–H groups in total. The van der Waals surface area contributed by atoms with E-state index in [0.717, 1.165) is 17.4 Å². The highest BCUT2D eigenvalue weighted by Gasteiger charge is 2.10. The van der Waals surface area contributed by atoms with E-state index in [1.54, 1.807) is 4.98 Å². The largest absolute Gasteiger partial charge is 0.358 e. The first kappa shape index (κ1) is 13.9. The van der Waals surface area contributed by atoms with Gasteiger partial charge in [0.05, 0.1) is 0 Å². The van der Waals surface area contributed by atoms with Gasteiger partial charge in [-0.15, -0.1) is 12.6 Å². The smallest absolute Gasteiger partial charge is 0.325 e. The third-order valence-electron chi connectivity index (χ3n) is 2.15. The molecule has 8 heteroatoms. The zero-order valence-corrected chi connectivity index (χ0v) is 10.6. The van der Waals surface area contributed by atoms with Gasteiger partial charge in [0.1, 0.15) is 4.32 Å². The molecule has 1 aliphatic heterocycles. The van der Waals surface area contributed by atoms with Gasteiger partial charge in [-0.1, -0.05) is 12.2 Å². The van der Waals surface area contributed by atoms with Crippen molar-refractivity contribution in [2.24, 2.45) is 0 Å². The average Bonchev–Trinajstić information content (AvgIpc) is 2.78. The summed E-state index contributed by atoms with van der Waals surface area (Å²) in [6.45, 7) is 2.23. The number of aromatic nitrogens is 2. The van der Waals surface area contributed by atoms with E-state index < -0.39 is 17.1 Å². The van der Waals surface area contributed by atoms with Crippen LogP contribution in [0.4, 0.5) is 4.39 Å². The van der Waals surface area contributed by atoms with Crippen LogP contribution in [0.1, 0.15) is 12.8 Å². The highest BCUT2D eigenvalue weighted by atomic mass is 32.1. The van der Waals surface area contributed by atoms with Gasteiger partial charge in [-0.05, 0) is 12.8 Å². The van der Waals surface area contributed by atoms with Crippen LogP contribution >= 0.6 is 24.8 Å². The van der Waals surface area contributed by atoms with Gasteiger partial charge >= 0.3 is 5.69 Å². The number of nitrogens with one attached hydrogen (secondary N) is 2. The number of thiol groups is 1. The quantitative estimate of drug-likeness (QED) is 0.477. The minimum Gasteiger partial charge on any atom is -0.358 e. The van der Waals surface area contributed by atoms with Crippen LogP contribution in [-0.2, 0) is 0 Å². The van der Waals surface area contributed by atoms with Gasteiger partial charge in [0, 0.05) is 19.3 Å². The Morgan fingerprint density at radius 2 is 2.00 bits per heavy atom. The predicted molar refractivity (Wildman–Crippen MR) is 70.0 cm³/mol. The van der Waals surface area contributed by atoms with Gasteiger partial charge in [-0.2, -0.15) is 4.39 Å². The second-order valence-electron chi connectivity index (χ2n) is 3.40. The first-order valence-electron chi connectivity index (χ1n) is 4.96. The number of rotatable bonds is 0. The van der Waals surface area contributed by atoms with Crippen molar-refractivity contribution in [1.29, 1.82) is 0 Å². The van der Waals surface area contributed by atoms with E-state index in [1.165, 1.54) is 12.8 Å². The fourth-order valence-corrected chi connectivity index (χ4v) is 1.68. The maximum atomic E-state index is 12.0. The topological polar surface area (TPSA) is 69.0 Å². The zero-order chi connectivity index (χ0) is 12.8. The molecule has 2 heterocycles. The Morgan fingerprint density at radius 3 is 2.35 bits per heavy atom. The number of nitrogens with zero attached hydrogens (tertiary/aromatic N) is 1. The van der Waals surface area contributed by atoms with Crippen LogP contribution in [0, 0.1) is 5.82 Å². The van der Waals surface area contributed by atoms with Gasteiger partial charge < -0.3 is 9.88 Å². The Hall–Kier alpha value is -1.15. The van der Waals surface area contributed by atoms with E-state index in [2.05, 4.69) is 17.5 Å². The second kappa shape index (κ2) is 6.55.